The molecule has 0 aliphatic carbocycles. The molecule has 17 heavy (non-hydrogen) atoms. The Morgan fingerprint density at radius 1 is 1.41 bits per heavy atom. The van der Waals surface area contributed by atoms with Crippen LogP contribution in [0.15, 0.2) is 18.3 Å². The molecular weight excluding hydrogens is 216 g/mol. The highest BCUT2D eigenvalue weighted by molar-refractivity contribution is 5.49. The van der Waals surface area contributed by atoms with Crippen molar-refractivity contribution in [3.63, 3.8) is 0 Å². The summed E-state index contributed by atoms with van der Waals surface area (Å²) < 4.78 is 6.79. The standard InChI is InChI=1S/C12H18N4O/c1-10-6-5-8-16-11(10)14-12(15-16)13-7-3-4-9-17-2/h5-6,8H,3-4,7,9H2,1-2H3,(H,13,15). The second-order valence-corrected chi connectivity index (χ2v) is 4.02. The first-order chi connectivity index (χ1) is 8.31. The number of fused-ring (bicyclic) bond motifs is 1. The highest BCUT2D eigenvalue weighted by Crippen LogP contribution is 2.09. The number of hydrogen-bond donors (Lipinski definition) is 1. The molecule has 0 fully saturated rings. The fourth-order valence-electron chi connectivity index (χ4n) is 1.69. The third-order valence-electron chi connectivity index (χ3n) is 2.62. The van der Waals surface area contributed by atoms with E-state index in [0.29, 0.717) is 5.95 Å². The van der Waals surface area contributed by atoms with Gasteiger partial charge in [0.15, 0.2) is 5.65 Å². The van der Waals surface area contributed by atoms with E-state index in [1.165, 1.54) is 0 Å². The van der Waals surface area contributed by atoms with Gasteiger partial charge in [0, 0.05) is 26.5 Å². The number of pyridine rings is 1. The van der Waals surface area contributed by atoms with Gasteiger partial charge in [0.25, 0.3) is 0 Å². The van der Waals surface area contributed by atoms with Crippen molar-refractivity contribution in [1.29, 1.82) is 0 Å². The number of anilines is 1. The van der Waals surface area contributed by atoms with Crippen LogP contribution in [0.4, 0.5) is 5.95 Å². The third-order valence-corrected chi connectivity index (χ3v) is 2.62. The van der Waals surface area contributed by atoms with E-state index in [0.717, 1.165) is 37.2 Å². The van der Waals surface area contributed by atoms with Gasteiger partial charge in [-0.3, -0.25) is 0 Å². The van der Waals surface area contributed by atoms with Crippen LogP contribution in [-0.2, 0) is 4.74 Å². The summed E-state index contributed by atoms with van der Waals surface area (Å²) in [5, 5.41) is 7.58. The summed E-state index contributed by atoms with van der Waals surface area (Å²) in [4.78, 5) is 4.44. The lowest BCUT2D eigenvalue weighted by Crippen LogP contribution is -2.04. The van der Waals surface area contributed by atoms with Gasteiger partial charge >= 0.3 is 0 Å². The predicted octanol–water partition coefficient (Wildman–Crippen LogP) is 1.88. The van der Waals surface area contributed by atoms with E-state index in [1.54, 1.807) is 11.6 Å². The summed E-state index contributed by atoms with van der Waals surface area (Å²) >= 11 is 0. The van der Waals surface area contributed by atoms with Gasteiger partial charge in [0.2, 0.25) is 5.95 Å². The summed E-state index contributed by atoms with van der Waals surface area (Å²) in [5.41, 5.74) is 2.04. The Hall–Kier alpha value is -1.62. The third kappa shape index (κ3) is 2.94. The van der Waals surface area contributed by atoms with Crippen LogP contribution in [0, 0.1) is 6.92 Å². The van der Waals surface area contributed by atoms with Crippen molar-refractivity contribution >= 4 is 11.6 Å². The minimum atomic E-state index is 0.691. The lowest BCUT2D eigenvalue weighted by atomic mass is 10.3. The largest absolute Gasteiger partial charge is 0.385 e. The van der Waals surface area contributed by atoms with E-state index in [4.69, 9.17) is 4.74 Å². The Bertz CT molecular complexity index is 480. The highest BCUT2D eigenvalue weighted by Gasteiger charge is 2.03. The second kappa shape index (κ2) is 5.63. The predicted molar refractivity (Wildman–Crippen MR) is 67.3 cm³/mol. The number of hydrogen-bond acceptors (Lipinski definition) is 4. The molecule has 0 bridgehead atoms. The van der Waals surface area contributed by atoms with Gasteiger partial charge in [0.05, 0.1) is 0 Å². The molecule has 92 valence electrons. The molecule has 0 saturated carbocycles. The minimum Gasteiger partial charge on any atom is -0.385 e. The van der Waals surface area contributed by atoms with E-state index in [-0.39, 0.29) is 0 Å². The molecule has 0 radical (unpaired) electrons. The van der Waals surface area contributed by atoms with Crippen LogP contribution in [0.3, 0.4) is 0 Å². The van der Waals surface area contributed by atoms with Crippen molar-refractivity contribution in [2.45, 2.75) is 19.8 Å². The molecule has 0 unspecified atom stereocenters. The molecule has 0 spiro atoms. The van der Waals surface area contributed by atoms with Gasteiger partial charge in [-0.15, -0.1) is 5.10 Å². The van der Waals surface area contributed by atoms with E-state index < -0.39 is 0 Å². The molecule has 2 aromatic rings. The van der Waals surface area contributed by atoms with Crippen LogP contribution in [0.2, 0.25) is 0 Å². The molecule has 0 aliphatic rings. The SMILES string of the molecule is COCCCCNc1nc2c(C)cccn2n1. The first-order valence-electron chi connectivity index (χ1n) is 5.86. The average molecular weight is 234 g/mol. The van der Waals surface area contributed by atoms with E-state index in [2.05, 4.69) is 15.4 Å². The molecule has 5 nitrogen and oxygen atoms in total. The number of aromatic nitrogens is 3. The molecular formula is C12H18N4O. The number of nitrogens with one attached hydrogen (secondary N) is 1. The van der Waals surface area contributed by atoms with Crippen LogP contribution in [0.5, 0.6) is 0 Å². The molecule has 0 amide bonds. The number of methoxy groups -OCH3 is 1. The van der Waals surface area contributed by atoms with Gasteiger partial charge < -0.3 is 10.1 Å². The van der Waals surface area contributed by atoms with Crippen molar-refractivity contribution < 1.29 is 4.74 Å². The quantitative estimate of drug-likeness (QED) is 0.775. The van der Waals surface area contributed by atoms with E-state index >= 15 is 0 Å². The zero-order chi connectivity index (χ0) is 12.1. The summed E-state index contributed by atoms with van der Waals surface area (Å²) in [7, 11) is 1.72. The highest BCUT2D eigenvalue weighted by atomic mass is 16.5. The Morgan fingerprint density at radius 2 is 2.29 bits per heavy atom. The molecule has 2 aromatic heterocycles. The number of nitrogens with zero attached hydrogens (tertiary/aromatic N) is 3. The van der Waals surface area contributed by atoms with Gasteiger partial charge in [-0.05, 0) is 31.4 Å². The molecule has 5 heteroatoms. The Balaban J connectivity index is 1.93. The molecule has 1 N–H and O–H groups in total. The van der Waals surface area contributed by atoms with Crippen molar-refractivity contribution in [2.24, 2.45) is 0 Å². The Kier molecular flexibility index (Phi) is 3.93. The Morgan fingerprint density at radius 3 is 3.06 bits per heavy atom. The van der Waals surface area contributed by atoms with E-state index in [9.17, 15) is 0 Å². The van der Waals surface area contributed by atoms with Crippen LogP contribution in [0.1, 0.15) is 18.4 Å². The fourth-order valence-corrected chi connectivity index (χ4v) is 1.69. The van der Waals surface area contributed by atoms with E-state index in [1.807, 2.05) is 25.3 Å². The normalized spacial score (nSPS) is 10.9. The van der Waals surface area contributed by atoms with Crippen molar-refractivity contribution in [1.82, 2.24) is 14.6 Å². The van der Waals surface area contributed by atoms with Crippen molar-refractivity contribution in [3.05, 3.63) is 23.9 Å². The van der Waals surface area contributed by atoms with Gasteiger partial charge in [-0.25, -0.2) is 4.52 Å². The van der Waals surface area contributed by atoms with Crippen LogP contribution in [-0.4, -0.2) is 34.9 Å². The number of rotatable bonds is 6. The second-order valence-electron chi connectivity index (χ2n) is 4.02. The summed E-state index contributed by atoms with van der Waals surface area (Å²) in [6, 6.07) is 4.01. The van der Waals surface area contributed by atoms with Crippen LogP contribution >= 0.6 is 0 Å². The smallest absolute Gasteiger partial charge is 0.243 e. The molecule has 2 rings (SSSR count). The minimum absolute atomic E-state index is 0.691. The van der Waals surface area contributed by atoms with Crippen molar-refractivity contribution in [2.75, 3.05) is 25.6 Å². The molecule has 0 saturated heterocycles. The first kappa shape index (κ1) is 11.9. The topological polar surface area (TPSA) is 51.5 Å². The van der Waals surface area contributed by atoms with Gasteiger partial charge in [-0.1, -0.05) is 6.07 Å². The number of ether oxygens (including phenoxy) is 1. The molecule has 0 aromatic carbocycles. The van der Waals surface area contributed by atoms with Crippen LogP contribution in [0.25, 0.3) is 5.65 Å². The lowest BCUT2D eigenvalue weighted by molar-refractivity contribution is 0.193. The summed E-state index contributed by atoms with van der Waals surface area (Å²) in [6.07, 6.45) is 4.02. The number of aryl methyl sites for hydroxylation is 1. The first-order valence-corrected chi connectivity index (χ1v) is 5.86. The summed E-state index contributed by atoms with van der Waals surface area (Å²) in [6.45, 7) is 3.71. The summed E-state index contributed by atoms with van der Waals surface area (Å²) in [5.74, 6) is 0.691. The van der Waals surface area contributed by atoms with Crippen LogP contribution < -0.4 is 5.32 Å². The monoisotopic (exact) mass is 234 g/mol. The molecule has 0 aliphatic heterocycles. The fraction of sp³-hybridized carbons (Fsp3) is 0.500. The molecule has 2 heterocycles. The van der Waals surface area contributed by atoms with Gasteiger partial charge in [-0.2, -0.15) is 4.98 Å². The number of unbranched alkanes of at least 4 members (excludes halogenated alkanes) is 1. The zero-order valence-electron chi connectivity index (χ0n) is 10.3. The van der Waals surface area contributed by atoms with Crippen molar-refractivity contribution in [3.8, 4) is 0 Å². The lowest BCUT2D eigenvalue weighted by Gasteiger charge is -2.00. The Labute approximate surface area is 101 Å². The zero-order valence-corrected chi connectivity index (χ0v) is 10.3. The average Bonchev–Trinajstić information content (AvgIpc) is 2.73. The maximum absolute atomic E-state index is 4.99. The maximum Gasteiger partial charge on any atom is 0.243 e. The maximum atomic E-state index is 4.99. The van der Waals surface area contributed by atoms with Gasteiger partial charge in [0.1, 0.15) is 0 Å². The molecule has 0 atom stereocenters.